The summed E-state index contributed by atoms with van der Waals surface area (Å²) in [6, 6.07) is 7.54. The van der Waals surface area contributed by atoms with Crippen LogP contribution in [-0.2, 0) is 0 Å². The lowest BCUT2D eigenvalue weighted by molar-refractivity contribution is 0.475. The quantitative estimate of drug-likeness (QED) is 0.726. The van der Waals surface area contributed by atoms with Crippen molar-refractivity contribution in [1.82, 2.24) is 0 Å². The Bertz CT molecular complexity index is 351. The highest BCUT2D eigenvalue weighted by atomic mass is 16.3. The predicted octanol–water partition coefficient (Wildman–Crippen LogP) is 4.13. The van der Waals surface area contributed by atoms with E-state index in [1.54, 1.807) is 17.7 Å². The number of benzene rings is 1. The lowest BCUT2D eigenvalue weighted by atomic mass is 9.89. The zero-order valence-electron chi connectivity index (χ0n) is 9.29. The van der Waals surface area contributed by atoms with Gasteiger partial charge in [-0.1, -0.05) is 24.1 Å². The normalized spacial score (nSPS) is 16.5. The van der Waals surface area contributed by atoms with Gasteiger partial charge in [-0.2, -0.15) is 0 Å². The van der Waals surface area contributed by atoms with Crippen molar-refractivity contribution < 1.29 is 5.11 Å². The zero-order chi connectivity index (χ0) is 10.7. The number of aromatic hydroxyl groups is 1. The van der Waals surface area contributed by atoms with Crippen molar-refractivity contribution >= 4 is 5.57 Å². The van der Waals surface area contributed by atoms with Crippen LogP contribution in [0, 0.1) is 0 Å². The molecular formula is C14H18O. The fraction of sp³-hybridized carbons (Fsp3) is 0.429. The third-order valence-corrected chi connectivity index (χ3v) is 3.29. The van der Waals surface area contributed by atoms with Crippen LogP contribution in [0.4, 0.5) is 0 Å². The highest BCUT2D eigenvalue weighted by Gasteiger charge is 2.09. The Morgan fingerprint density at radius 2 is 1.60 bits per heavy atom. The number of phenolic OH excluding ortho intramolecular Hbond substituents is 1. The van der Waals surface area contributed by atoms with Crippen LogP contribution in [0.15, 0.2) is 29.8 Å². The van der Waals surface area contributed by atoms with Crippen LogP contribution in [0.2, 0.25) is 0 Å². The molecular weight excluding hydrogens is 184 g/mol. The number of allylic oxidation sites excluding steroid dienone is 2. The van der Waals surface area contributed by atoms with Crippen LogP contribution in [0.5, 0.6) is 5.75 Å². The minimum absolute atomic E-state index is 0.347. The summed E-state index contributed by atoms with van der Waals surface area (Å²) in [6.45, 7) is 2.20. The summed E-state index contributed by atoms with van der Waals surface area (Å²) in [7, 11) is 0. The lowest BCUT2D eigenvalue weighted by Gasteiger charge is -2.17. The first-order valence-corrected chi connectivity index (χ1v) is 5.75. The van der Waals surface area contributed by atoms with Gasteiger partial charge in [0.15, 0.2) is 0 Å². The van der Waals surface area contributed by atoms with Gasteiger partial charge in [-0.15, -0.1) is 0 Å². The molecule has 1 aromatic carbocycles. The standard InChI is InChI=1S/C14H18O/c1-11(12-5-3-2-4-6-12)13-7-9-14(15)10-8-13/h7-10,15H,2-6H2,1H3. The van der Waals surface area contributed by atoms with Crippen LogP contribution >= 0.6 is 0 Å². The molecule has 1 aliphatic carbocycles. The van der Waals surface area contributed by atoms with E-state index >= 15 is 0 Å². The monoisotopic (exact) mass is 202 g/mol. The number of hydrogen-bond acceptors (Lipinski definition) is 1. The van der Waals surface area contributed by atoms with Crippen molar-refractivity contribution in [3.05, 3.63) is 35.4 Å². The van der Waals surface area contributed by atoms with Crippen LogP contribution in [0.25, 0.3) is 5.57 Å². The number of phenols is 1. The van der Waals surface area contributed by atoms with Gasteiger partial charge in [-0.05, 0) is 55.9 Å². The molecule has 0 aromatic heterocycles. The van der Waals surface area contributed by atoms with Crippen LogP contribution in [0.1, 0.15) is 44.6 Å². The molecule has 0 spiro atoms. The summed E-state index contributed by atoms with van der Waals surface area (Å²) in [5.41, 5.74) is 4.27. The molecule has 1 nitrogen and oxygen atoms in total. The second kappa shape index (κ2) is 4.52. The Labute approximate surface area is 91.4 Å². The summed E-state index contributed by atoms with van der Waals surface area (Å²) in [6.07, 6.45) is 6.57. The van der Waals surface area contributed by atoms with E-state index in [0.717, 1.165) is 0 Å². The summed E-state index contributed by atoms with van der Waals surface area (Å²) >= 11 is 0. The summed E-state index contributed by atoms with van der Waals surface area (Å²) in [5, 5.41) is 9.23. The smallest absolute Gasteiger partial charge is 0.115 e. The van der Waals surface area contributed by atoms with Gasteiger partial charge in [-0.3, -0.25) is 0 Å². The molecule has 0 radical (unpaired) electrons. The maximum atomic E-state index is 9.23. The van der Waals surface area contributed by atoms with E-state index in [9.17, 15) is 5.11 Å². The van der Waals surface area contributed by atoms with Gasteiger partial charge >= 0.3 is 0 Å². The van der Waals surface area contributed by atoms with Gasteiger partial charge in [-0.25, -0.2) is 0 Å². The topological polar surface area (TPSA) is 20.2 Å². The van der Waals surface area contributed by atoms with E-state index in [-0.39, 0.29) is 0 Å². The summed E-state index contributed by atoms with van der Waals surface area (Å²) in [5.74, 6) is 0.347. The first-order valence-electron chi connectivity index (χ1n) is 5.75. The fourth-order valence-corrected chi connectivity index (χ4v) is 2.27. The van der Waals surface area contributed by atoms with Gasteiger partial charge in [0.1, 0.15) is 5.75 Å². The van der Waals surface area contributed by atoms with Crippen molar-refractivity contribution in [3.8, 4) is 5.75 Å². The Morgan fingerprint density at radius 3 is 2.20 bits per heavy atom. The van der Waals surface area contributed by atoms with E-state index in [4.69, 9.17) is 0 Å². The van der Waals surface area contributed by atoms with Crippen molar-refractivity contribution in [3.63, 3.8) is 0 Å². The van der Waals surface area contributed by atoms with Gasteiger partial charge in [0.05, 0.1) is 0 Å². The molecule has 0 amide bonds. The minimum Gasteiger partial charge on any atom is -0.508 e. The van der Waals surface area contributed by atoms with Crippen molar-refractivity contribution in [2.45, 2.75) is 39.0 Å². The van der Waals surface area contributed by atoms with Crippen molar-refractivity contribution in [1.29, 1.82) is 0 Å². The van der Waals surface area contributed by atoms with E-state index in [2.05, 4.69) is 6.92 Å². The number of hydrogen-bond donors (Lipinski definition) is 1. The van der Waals surface area contributed by atoms with E-state index < -0.39 is 0 Å². The molecule has 0 unspecified atom stereocenters. The molecule has 1 N–H and O–H groups in total. The molecule has 0 bridgehead atoms. The molecule has 0 heterocycles. The zero-order valence-corrected chi connectivity index (χ0v) is 9.29. The molecule has 1 fully saturated rings. The van der Waals surface area contributed by atoms with E-state index in [1.807, 2.05) is 12.1 Å². The maximum Gasteiger partial charge on any atom is 0.115 e. The van der Waals surface area contributed by atoms with Gasteiger partial charge in [0.2, 0.25) is 0 Å². The third kappa shape index (κ3) is 2.41. The molecule has 80 valence electrons. The molecule has 1 heteroatoms. The van der Waals surface area contributed by atoms with Crippen LogP contribution in [0.3, 0.4) is 0 Å². The first kappa shape index (κ1) is 10.3. The summed E-state index contributed by atoms with van der Waals surface area (Å²) in [4.78, 5) is 0. The van der Waals surface area contributed by atoms with Gasteiger partial charge in [0, 0.05) is 0 Å². The SMILES string of the molecule is CC(=C1CCCCC1)c1ccc(O)cc1. The second-order valence-electron chi connectivity index (χ2n) is 4.34. The minimum atomic E-state index is 0.347. The molecule has 0 aliphatic heterocycles. The van der Waals surface area contributed by atoms with Crippen LogP contribution in [-0.4, -0.2) is 5.11 Å². The Kier molecular flexibility index (Phi) is 3.10. The average Bonchev–Trinajstić information content (AvgIpc) is 2.30. The van der Waals surface area contributed by atoms with Crippen molar-refractivity contribution in [2.24, 2.45) is 0 Å². The third-order valence-electron chi connectivity index (χ3n) is 3.29. The van der Waals surface area contributed by atoms with Crippen LogP contribution < -0.4 is 0 Å². The summed E-state index contributed by atoms with van der Waals surface area (Å²) < 4.78 is 0. The first-order chi connectivity index (χ1) is 7.27. The van der Waals surface area contributed by atoms with Gasteiger partial charge in [0.25, 0.3) is 0 Å². The second-order valence-corrected chi connectivity index (χ2v) is 4.34. The van der Waals surface area contributed by atoms with Crippen molar-refractivity contribution in [2.75, 3.05) is 0 Å². The lowest BCUT2D eigenvalue weighted by Crippen LogP contribution is -1.96. The Morgan fingerprint density at radius 1 is 1.00 bits per heavy atom. The molecule has 0 saturated heterocycles. The highest BCUT2D eigenvalue weighted by Crippen LogP contribution is 2.30. The largest absolute Gasteiger partial charge is 0.508 e. The Balaban J connectivity index is 2.25. The molecule has 1 aromatic rings. The van der Waals surface area contributed by atoms with E-state index in [1.165, 1.54) is 43.2 Å². The highest BCUT2D eigenvalue weighted by molar-refractivity contribution is 5.67. The average molecular weight is 202 g/mol. The molecule has 0 atom stereocenters. The number of rotatable bonds is 1. The Hall–Kier alpha value is -1.24. The molecule has 1 aliphatic rings. The fourth-order valence-electron chi connectivity index (χ4n) is 2.27. The molecule has 1 saturated carbocycles. The predicted molar refractivity (Wildman–Crippen MR) is 63.8 cm³/mol. The molecule has 2 rings (SSSR count). The maximum absolute atomic E-state index is 9.23. The van der Waals surface area contributed by atoms with E-state index in [0.29, 0.717) is 5.75 Å². The van der Waals surface area contributed by atoms with Gasteiger partial charge < -0.3 is 5.11 Å². The molecule has 15 heavy (non-hydrogen) atoms.